The average molecular weight is 344 g/mol. The molecule has 2 rings (SSSR count). The summed E-state index contributed by atoms with van der Waals surface area (Å²) in [7, 11) is 0. The molecule has 2 nitrogen and oxygen atoms in total. The SMILES string of the molecule is O=C(CSCc1cccc(Cl)c1)Nc1cccc(Cl)c1F. The summed E-state index contributed by atoms with van der Waals surface area (Å²) in [6.45, 7) is 0. The highest BCUT2D eigenvalue weighted by Gasteiger charge is 2.09. The molecule has 0 atom stereocenters. The molecule has 1 N–H and O–H groups in total. The molecular formula is C15H12Cl2FNOS. The van der Waals surface area contributed by atoms with Crippen LogP contribution < -0.4 is 5.32 Å². The molecule has 0 aromatic heterocycles. The predicted octanol–water partition coefficient (Wildman–Crippen LogP) is 5.00. The van der Waals surface area contributed by atoms with Crippen molar-refractivity contribution in [3.05, 3.63) is 63.9 Å². The molecule has 0 radical (unpaired) electrons. The van der Waals surface area contributed by atoms with Crippen molar-refractivity contribution in [3.8, 4) is 0 Å². The normalized spacial score (nSPS) is 10.4. The Labute approximate surface area is 136 Å². The molecule has 0 saturated carbocycles. The summed E-state index contributed by atoms with van der Waals surface area (Å²) in [6.07, 6.45) is 0. The van der Waals surface area contributed by atoms with Gasteiger partial charge < -0.3 is 5.32 Å². The fraction of sp³-hybridized carbons (Fsp3) is 0.133. The fourth-order valence-electron chi connectivity index (χ4n) is 1.67. The van der Waals surface area contributed by atoms with E-state index in [0.717, 1.165) is 5.56 Å². The number of anilines is 1. The van der Waals surface area contributed by atoms with E-state index in [-0.39, 0.29) is 22.4 Å². The van der Waals surface area contributed by atoms with Gasteiger partial charge in [-0.05, 0) is 29.8 Å². The number of halogens is 3. The van der Waals surface area contributed by atoms with E-state index in [1.165, 1.54) is 23.9 Å². The van der Waals surface area contributed by atoms with Crippen molar-refractivity contribution in [1.29, 1.82) is 0 Å². The van der Waals surface area contributed by atoms with Crippen molar-refractivity contribution >= 4 is 46.6 Å². The minimum atomic E-state index is -0.618. The number of carbonyl (C=O) groups excluding carboxylic acids is 1. The van der Waals surface area contributed by atoms with E-state index in [1.807, 2.05) is 18.2 Å². The third-order valence-corrected chi connectivity index (χ3v) is 4.15. The van der Waals surface area contributed by atoms with Crippen LogP contribution in [0.3, 0.4) is 0 Å². The number of thioether (sulfide) groups is 1. The molecule has 0 bridgehead atoms. The molecule has 0 heterocycles. The van der Waals surface area contributed by atoms with Crippen LogP contribution in [0.15, 0.2) is 42.5 Å². The molecule has 6 heteroatoms. The Morgan fingerprint density at radius 2 is 1.95 bits per heavy atom. The zero-order valence-corrected chi connectivity index (χ0v) is 13.2. The number of hydrogen-bond donors (Lipinski definition) is 1. The molecule has 2 aromatic carbocycles. The van der Waals surface area contributed by atoms with Gasteiger partial charge in [0.2, 0.25) is 5.91 Å². The van der Waals surface area contributed by atoms with Crippen molar-refractivity contribution in [3.63, 3.8) is 0 Å². The standard InChI is InChI=1S/C15H12Cl2FNOS/c16-11-4-1-3-10(7-11)8-21-9-14(20)19-13-6-2-5-12(17)15(13)18/h1-7H,8-9H2,(H,19,20). The van der Waals surface area contributed by atoms with E-state index >= 15 is 0 Å². The maximum Gasteiger partial charge on any atom is 0.234 e. The smallest absolute Gasteiger partial charge is 0.234 e. The Morgan fingerprint density at radius 3 is 2.71 bits per heavy atom. The van der Waals surface area contributed by atoms with E-state index in [9.17, 15) is 9.18 Å². The van der Waals surface area contributed by atoms with E-state index < -0.39 is 5.82 Å². The van der Waals surface area contributed by atoms with Crippen molar-refractivity contribution in [2.75, 3.05) is 11.1 Å². The van der Waals surface area contributed by atoms with Gasteiger partial charge in [0.1, 0.15) is 0 Å². The van der Waals surface area contributed by atoms with E-state index in [1.54, 1.807) is 12.1 Å². The van der Waals surface area contributed by atoms with Crippen LogP contribution in [-0.2, 0) is 10.5 Å². The largest absolute Gasteiger partial charge is 0.323 e. The molecule has 110 valence electrons. The van der Waals surface area contributed by atoms with Gasteiger partial charge in [0.15, 0.2) is 5.82 Å². The highest BCUT2D eigenvalue weighted by atomic mass is 35.5. The minimum Gasteiger partial charge on any atom is -0.323 e. The van der Waals surface area contributed by atoms with Crippen LogP contribution in [-0.4, -0.2) is 11.7 Å². The monoisotopic (exact) mass is 343 g/mol. The van der Waals surface area contributed by atoms with Gasteiger partial charge in [0.25, 0.3) is 0 Å². The first kappa shape index (κ1) is 16.1. The first-order chi connectivity index (χ1) is 10.1. The Morgan fingerprint density at radius 1 is 1.19 bits per heavy atom. The summed E-state index contributed by atoms with van der Waals surface area (Å²) in [5.41, 5.74) is 1.13. The first-order valence-corrected chi connectivity index (χ1v) is 8.03. The summed E-state index contributed by atoms with van der Waals surface area (Å²) in [5.74, 6) is -0.0136. The highest BCUT2D eigenvalue weighted by molar-refractivity contribution is 7.99. The average Bonchev–Trinajstić information content (AvgIpc) is 2.44. The van der Waals surface area contributed by atoms with Gasteiger partial charge >= 0.3 is 0 Å². The fourth-order valence-corrected chi connectivity index (χ4v) is 2.84. The molecule has 0 aliphatic heterocycles. The molecular weight excluding hydrogens is 332 g/mol. The van der Waals surface area contributed by atoms with E-state index in [4.69, 9.17) is 23.2 Å². The zero-order chi connectivity index (χ0) is 15.2. The summed E-state index contributed by atoms with van der Waals surface area (Å²) < 4.78 is 13.6. The van der Waals surface area contributed by atoms with Gasteiger partial charge in [-0.1, -0.05) is 41.4 Å². The number of nitrogens with one attached hydrogen (secondary N) is 1. The molecule has 21 heavy (non-hydrogen) atoms. The maximum absolute atomic E-state index is 13.6. The summed E-state index contributed by atoms with van der Waals surface area (Å²) in [6, 6.07) is 11.9. The zero-order valence-electron chi connectivity index (χ0n) is 10.9. The van der Waals surface area contributed by atoms with Crippen LogP contribution in [0.4, 0.5) is 10.1 Å². The molecule has 0 saturated heterocycles. The van der Waals surface area contributed by atoms with Crippen molar-refractivity contribution < 1.29 is 9.18 Å². The van der Waals surface area contributed by atoms with Crippen LogP contribution in [0.1, 0.15) is 5.56 Å². The van der Waals surface area contributed by atoms with E-state index in [0.29, 0.717) is 10.8 Å². The lowest BCUT2D eigenvalue weighted by Gasteiger charge is -2.07. The highest BCUT2D eigenvalue weighted by Crippen LogP contribution is 2.22. The van der Waals surface area contributed by atoms with Crippen LogP contribution in [0.2, 0.25) is 10.0 Å². The topological polar surface area (TPSA) is 29.1 Å². The van der Waals surface area contributed by atoms with Gasteiger partial charge in [-0.3, -0.25) is 4.79 Å². The van der Waals surface area contributed by atoms with Gasteiger partial charge in [-0.15, -0.1) is 11.8 Å². The second-order valence-corrected chi connectivity index (χ2v) is 6.10. The second kappa shape index (κ2) is 7.69. The van der Waals surface area contributed by atoms with E-state index in [2.05, 4.69) is 5.32 Å². The maximum atomic E-state index is 13.6. The molecule has 2 aromatic rings. The van der Waals surface area contributed by atoms with Gasteiger partial charge in [-0.2, -0.15) is 0 Å². The summed E-state index contributed by atoms with van der Waals surface area (Å²) in [5, 5.41) is 3.15. The Kier molecular flexibility index (Phi) is 5.91. The van der Waals surface area contributed by atoms with Gasteiger partial charge in [0.05, 0.1) is 16.5 Å². The Bertz CT molecular complexity index is 651. The number of benzene rings is 2. The number of hydrogen-bond acceptors (Lipinski definition) is 2. The lowest BCUT2D eigenvalue weighted by molar-refractivity contribution is -0.113. The molecule has 0 aliphatic rings. The minimum absolute atomic E-state index is 0.0145. The third-order valence-electron chi connectivity index (χ3n) is 2.62. The van der Waals surface area contributed by atoms with Gasteiger partial charge in [0, 0.05) is 10.8 Å². The third kappa shape index (κ3) is 4.92. The lowest BCUT2D eigenvalue weighted by Crippen LogP contribution is -2.15. The van der Waals surface area contributed by atoms with Gasteiger partial charge in [-0.25, -0.2) is 4.39 Å². The number of amides is 1. The lowest BCUT2D eigenvalue weighted by atomic mass is 10.2. The Balaban J connectivity index is 1.84. The van der Waals surface area contributed by atoms with Crippen molar-refractivity contribution in [2.24, 2.45) is 0 Å². The number of carbonyl (C=O) groups is 1. The molecule has 0 fully saturated rings. The van der Waals surface area contributed by atoms with Crippen LogP contribution in [0.25, 0.3) is 0 Å². The first-order valence-electron chi connectivity index (χ1n) is 6.12. The predicted molar refractivity (Wildman–Crippen MR) is 87.7 cm³/mol. The number of rotatable bonds is 5. The van der Waals surface area contributed by atoms with Crippen LogP contribution in [0, 0.1) is 5.82 Å². The van der Waals surface area contributed by atoms with Crippen LogP contribution >= 0.6 is 35.0 Å². The second-order valence-electron chi connectivity index (χ2n) is 4.27. The Hall–Kier alpha value is -1.23. The van der Waals surface area contributed by atoms with Crippen molar-refractivity contribution in [1.82, 2.24) is 0 Å². The summed E-state index contributed by atoms with van der Waals surface area (Å²) in [4.78, 5) is 11.8. The quantitative estimate of drug-likeness (QED) is 0.827. The van der Waals surface area contributed by atoms with Crippen LogP contribution in [0.5, 0.6) is 0 Å². The molecule has 1 amide bonds. The van der Waals surface area contributed by atoms with Crippen molar-refractivity contribution in [2.45, 2.75) is 5.75 Å². The summed E-state index contributed by atoms with van der Waals surface area (Å²) >= 11 is 13.0. The molecule has 0 spiro atoms. The molecule has 0 aliphatic carbocycles. The molecule has 0 unspecified atom stereocenters.